The van der Waals surface area contributed by atoms with Gasteiger partial charge in [0.2, 0.25) is 5.91 Å². The van der Waals surface area contributed by atoms with Gasteiger partial charge in [-0.1, -0.05) is 18.2 Å². The maximum absolute atomic E-state index is 12.5. The van der Waals surface area contributed by atoms with Crippen LogP contribution >= 0.6 is 0 Å². The zero-order chi connectivity index (χ0) is 23.4. The number of para-hydroxylation sites is 1. The Kier molecular flexibility index (Phi) is 6.40. The van der Waals surface area contributed by atoms with Crippen molar-refractivity contribution in [2.24, 2.45) is 5.10 Å². The molecule has 2 amide bonds. The number of nitrogens with one attached hydrogen (secondary N) is 2. The molecular formula is C26H26N4O3. The second kappa shape index (κ2) is 9.56. The van der Waals surface area contributed by atoms with Crippen molar-refractivity contribution < 1.29 is 14.3 Å². The lowest BCUT2D eigenvalue weighted by Gasteiger charge is -2.07. The first-order valence-electron chi connectivity index (χ1n) is 10.8. The predicted octanol–water partition coefficient (Wildman–Crippen LogP) is 4.96. The highest BCUT2D eigenvalue weighted by atomic mass is 16.5. The van der Waals surface area contributed by atoms with E-state index in [0.29, 0.717) is 17.0 Å². The molecule has 0 saturated carbocycles. The second-order valence-electron chi connectivity index (χ2n) is 7.73. The zero-order valence-corrected chi connectivity index (χ0v) is 18.9. The number of fused-ring (bicyclic) bond motifs is 3. The number of carbonyl (C=O) groups excluding carboxylic acids is 2. The Morgan fingerprint density at radius 2 is 1.70 bits per heavy atom. The number of anilines is 1. The number of rotatable bonds is 7. The third-order valence-corrected chi connectivity index (χ3v) is 5.49. The van der Waals surface area contributed by atoms with Gasteiger partial charge in [-0.2, -0.15) is 5.10 Å². The lowest BCUT2D eigenvalue weighted by Crippen LogP contribution is -2.21. The van der Waals surface area contributed by atoms with Crippen LogP contribution in [0.15, 0.2) is 71.8 Å². The number of aryl methyl sites for hydroxylation is 1. The molecule has 0 radical (unpaired) electrons. The number of methoxy groups -OCH3 is 1. The van der Waals surface area contributed by atoms with Crippen molar-refractivity contribution in [2.45, 2.75) is 26.8 Å². The van der Waals surface area contributed by atoms with Gasteiger partial charge in [0.25, 0.3) is 5.91 Å². The van der Waals surface area contributed by atoms with Crippen molar-refractivity contribution >= 4 is 45.0 Å². The molecule has 3 aromatic carbocycles. The molecule has 0 fully saturated rings. The van der Waals surface area contributed by atoms with E-state index < -0.39 is 0 Å². The van der Waals surface area contributed by atoms with E-state index in [4.69, 9.17) is 4.74 Å². The van der Waals surface area contributed by atoms with Gasteiger partial charge in [0, 0.05) is 45.3 Å². The minimum absolute atomic E-state index is 0.0671. The Bertz CT molecular complexity index is 1350. The van der Waals surface area contributed by atoms with Crippen LogP contribution in [0.1, 0.15) is 30.6 Å². The normalized spacial score (nSPS) is 11.5. The lowest BCUT2D eigenvalue weighted by atomic mass is 10.1. The third-order valence-electron chi connectivity index (χ3n) is 5.49. The van der Waals surface area contributed by atoms with E-state index in [2.05, 4.69) is 39.5 Å². The first-order valence-corrected chi connectivity index (χ1v) is 10.8. The van der Waals surface area contributed by atoms with Crippen LogP contribution < -0.4 is 15.5 Å². The van der Waals surface area contributed by atoms with Crippen LogP contribution in [0.2, 0.25) is 0 Å². The first kappa shape index (κ1) is 22.1. The Labute approximate surface area is 192 Å². The third kappa shape index (κ3) is 4.72. The average Bonchev–Trinajstić information content (AvgIpc) is 3.15. The van der Waals surface area contributed by atoms with Crippen LogP contribution in [-0.2, 0) is 11.3 Å². The van der Waals surface area contributed by atoms with Crippen molar-refractivity contribution in [3.63, 3.8) is 0 Å². The number of hydrazone groups is 1. The Morgan fingerprint density at radius 3 is 2.42 bits per heavy atom. The van der Waals surface area contributed by atoms with E-state index in [0.717, 1.165) is 28.5 Å². The van der Waals surface area contributed by atoms with E-state index >= 15 is 0 Å². The Morgan fingerprint density at radius 1 is 0.970 bits per heavy atom. The Balaban J connectivity index is 1.42. The topological polar surface area (TPSA) is 84.7 Å². The van der Waals surface area contributed by atoms with Crippen LogP contribution in [0.5, 0.6) is 5.75 Å². The molecule has 33 heavy (non-hydrogen) atoms. The molecule has 1 aromatic heterocycles. The minimum atomic E-state index is -0.352. The van der Waals surface area contributed by atoms with E-state index in [-0.39, 0.29) is 18.2 Å². The summed E-state index contributed by atoms with van der Waals surface area (Å²) >= 11 is 0. The van der Waals surface area contributed by atoms with Gasteiger partial charge in [0.1, 0.15) is 5.75 Å². The molecular weight excluding hydrogens is 416 g/mol. The number of amides is 2. The molecule has 7 nitrogen and oxygen atoms in total. The van der Waals surface area contributed by atoms with Gasteiger partial charge in [-0.05, 0) is 62.4 Å². The Hall–Kier alpha value is -4.13. The number of nitrogens with zero attached hydrogens (tertiary/aromatic N) is 2. The predicted molar refractivity (Wildman–Crippen MR) is 132 cm³/mol. The zero-order valence-electron chi connectivity index (χ0n) is 18.9. The van der Waals surface area contributed by atoms with E-state index in [1.807, 2.05) is 30.3 Å². The summed E-state index contributed by atoms with van der Waals surface area (Å²) in [6.07, 6.45) is 0.0671. The second-order valence-corrected chi connectivity index (χ2v) is 7.73. The van der Waals surface area contributed by atoms with Gasteiger partial charge in [0.15, 0.2) is 0 Å². The molecule has 0 aliphatic heterocycles. The summed E-state index contributed by atoms with van der Waals surface area (Å²) in [5.41, 5.74) is 6.47. The number of benzene rings is 3. The molecule has 0 spiro atoms. The highest BCUT2D eigenvalue weighted by molar-refractivity contribution is 6.11. The number of carbonyl (C=O) groups is 2. The number of aromatic nitrogens is 1. The van der Waals surface area contributed by atoms with Crippen LogP contribution in [0, 0.1) is 0 Å². The molecule has 0 unspecified atom stereocenters. The molecule has 1 heterocycles. The molecule has 0 aliphatic rings. The van der Waals surface area contributed by atoms with Crippen molar-refractivity contribution in [1.29, 1.82) is 0 Å². The largest absolute Gasteiger partial charge is 0.497 e. The monoisotopic (exact) mass is 442 g/mol. The van der Waals surface area contributed by atoms with Crippen LogP contribution in [0.25, 0.3) is 21.8 Å². The highest BCUT2D eigenvalue weighted by Gasteiger charge is 2.12. The smallest absolute Gasteiger partial charge is 0.271 e. The molecule has 0 aliphatic carbocycles. The standard InChI is InChI=1S/C26H26N4O3/c1-4-30-23-8-6-5-7-21(23)22-16-19(11-14-24(22)30)27-25(31)15-17(2)28-29-26(32)18-9-12-20(33-3)13-10-18/h5-14,16H,4,15H2,1-3H3,(H,27,31)(H,29,32). The molecule has 2 N–H and O–H groups in total. The molecule has 4 aromatic rings. The van der Waals surface area contributed by atoms with Gasteiger partial charge in [0.05, 0.1) is 13.5 Å². The first-order chi connectivity index (χ1) is 16.0. The van der Waals surface area contributed by atoms with E-state index in [1.165, 1.54) is 5.52 Å². The van der Waals surface area contributed by atoms with Crippen LogP contribution in [0.4, 0.5) is 5.69 Å². The van der Waals surface area contributed by atoms with Gasteiger partial charge in [-0.25, -0.2) is 5.43 Å². The maximum Gasteiger partial charge on any atom is 0.271 e. The summed E-state index contributed by atoms with van der Waals surface area (Å²) in [7, 11) is 1.56. The number of hydrogen-bond donors (Lipinski definition) is 2. The fourth-order valence-corrected chi connectivity index (χ4v) is 3.90. The summed E-state index contributed by atoms with van der Waals surface area (Å²) < 4.78 is 7.35. The SMILES string of the molecule is CCn1c2ccccc2c2cc(NC(=O)CC(C)=NNC(=O)c3ccc(OC)cc3)ccc21. The summed E-state index contributed by atoms with van der Waals surface area (Å²) in [4.78, 5) is 24.8. The molecule has 7 heteroatoms. The van der Waals surface area contributed by atoms with E-state index in [9.17, 15) is 9.59 Å². The van der Waals surface area contributed by atoms with Gasteiger partial charge >= 0.3 is 0 Å². The molecule has 0 atom stereocenters. The van der Waals surface area contributed by atoms with Crippen molar-refractivity contribution in [3.05, 3.63) is 72.3 Å². The molecule has 0 bridgehead atoms. The molecule has 4 rings (SSSR count). The van der Waals surface area contributed by atoms with Gasteiger partial charge in [-0.3, -0.25) is 9.59 Å². The van der Waals surface area contributed by atoms with Crippen molar-refractivity contribution in [1.82, 2.24) is 9.99 Å². The van der Waals surface area contributed by atoms with Crippen molar-refractivity contribution in [3.8, 4) is 5.75 Å². The molecule has 168 valence electrons. The number of hydrogen-bond acceptors (Lipinski definition) is 4. The van der Waals surface area contributed by atoms with Gasteiger partial charge < -0.3 is 14.6 Å². The highest BCUT2D eigenvalue weighted by Crippen LogP contribution is 2.31. The van der Waals surface area contributed by atoms with E-state index in [1.54, 1.807) is 38.3 Å². The van der Waals surface area contributed by atoms with Crippen molar-refractivity contribution in [2.75, 3.05) is 12.4 Å². The minimum Gasteiger partial charge on any atom is -0.497 e. The quantitative estimate of drug-likeness (QED) is 0.313. The maximum atomic E-state index is 12.5. The van der Waals surface area contributed by atoms with Crippen LogP contribution in [-0.4, -0.2) is 29.2 Å². The summed E-state index contributed by atoms with van der Waals surface area (Å²) in [5.74, 6) is 0.115. The fraction of sp³-hybridized carbons (Fsp3) is 0.192. The summed E-state index contributed by atoms with van der Waals surface area (Å²) in [5, 5.41) is 9.24. The summed E-state index contributed by atoms with van der Waals surface area (Å²) in [6, 6.07) is 20.9. The summed E-state index contributed by atoms with van der Waals surface area (Å²) in [6.45, 7) is 4.69. The number of ether oxygens (including phenoxy) is 1. The van der Waals surface area contributed by atoms with Crippen LogP contribution in [0.3, 0.4) is 0 Å². The van der Waals surface area contributed by atoms with Gasteiger partial charge in [-0.15, -0.1) is 0 Å². The lowest BCUT2D eigenvalue weighted by molar-refractivity contribution is -0.115. The fourth-order valence-electron chi connectivity index (χ4n) is 3.90. The average molecular weight is 443 g/mol. The molecule has 0 saturated heterocycles.